The standard InChI is InChI=1S/C19H24N8/c1-20-19(26-8-5-16(13-26)17-11-24-25(2)12-17)23-10-15-4-3-6-22-18(15)27-9-7-21-14-27/h3-4,6-7,9,11-12,14,16H,5,8,10,13H2,1-2H3,(H,20,23). The van der Waals surface area contributed by atoms with Gasteiger partial charge in [0.2, 0.25) is 0 Å². The van der Waals surface area contributed by atoms with Crippen molar-refractivity contribution in [2.24, 2.45) is 12.0 Å². The predicted molar refractivity (Wildman–Crippen MR) is 104 cm³/mol. The fourth-order valence-corrected chi connectivity index (χ4v) is 3.57. The molecule has 0 aliphatic carbocycles. The minimum Gasteiger partial charge on any atom is -0.352 e. The maximum Gasteiger partial charge on any atom is 0.193 e. The van der Waals surface area contributed by atoms with Crippen molar-refractivity contribution in [2.75, 3.05) is 20.1 Å². The summed E-state index contributed by atoms with van der Waals surface area (Å²) in [6, 6.07) is 4.03. The average molecular weight is 364 g/mol. The van der Waals surface area contributed by atoms with Gasteiger partial charge in [0.25, 0.3) is 0 Å². The monoisotopic (exact) mass is 364 g/mol. The van der Waals surface area contributed by atoms with Crippen LogP contribution in [0.1, 0.15) is 23.5 Å². The molecular weight excluding hydrogens is 340 g/mol. The summed E-state index contributed by atoms with van der Waals surface area (Å²) in [4.78, 5) is 15.4. The zero-order valence-corrected chi connectivity index (χ0v) is 15.7. The van der Waals surface area contributed by atoms with Crippen molar-refractivity contribution < 1.29 is 0 Å². The maximum atomic E-state index is 4.50. The molecule has 1 aliphatic heterocycles. The number of pyridine rings is 1. The van der Waals surface area contributed by atoms with E-state index in [4.69, 9.17) is 0 Å². The van der Waals surface area contributed by atoms with Gasteiger partial charge in [0.05, 0.1) is 6.20 Å². The lowest BCUT2D eigenvalue weighted by atomic mass is 10.0. The summed E-state index contributed by atoms with van der Waals surface area (Å²) in [5.74, 6) is 2.30. The van der Waals surface area contributed by atoms with Crippen molar-refractivity contribution in [1.82, 2.24) is 34.5 Å². The molecule has 0 saturated carbocycles. The minimum absolute atomic E-state index is 0.497. The Morgan fingerprint density at radius 2 is 2.30 bits per heavy atom. The predicted octanol–water partition coefficient (Wildman–Crippen LogP) is 1.57. The molecule has 0 bridgehead atoms. The van der Waals surface area contributed by atoms with Gasteiger partial charge < -0.3 is 10.2 Å². The average Bonchev–Trinajstić information content (AvgIpc) is 3.44. The number of hydrogen-bond donors (Lipinski definition) is 1. The lowest BCUT2D eigenvalue weighted by Gasteiger charge is -2.22. The van der Waals surface area contributed by atoms with E-state index in [9.17, 15) is 0 Å². The van der Waals surface area contributed by atoms with E-state index in [-0.39, 0.29) is 0 Å². The van der Waals surface area contributed by atoms with Gasteiger partial charge in [-0.05, 0) is 18.1 Å². The third-order valence-corrected chi connectivity index (χ3v) is 4.95. The largest absolute Gasteiger partial charge is 0.352 e. The number of hydrogen-bond acceptors (Lipinski definition) is 4. The van der Waals surface area contributed by atoms with Gasteiger partial charge in [-0.1, -0.05) is 6.07 Å². The molecule has 4 rings (SSSR count). The Labute approximate surface area is 158 Å². The Morgan fingerprint density at radius 1 is 1.37 bits per heavy atom. The van der Waals surface area contributed by atoms with E-state index >= 15 is 0 Å². The summed E-state index contributed by atoms with van der Waals surface area (Å²) in [5.41, 5.74) is 2.39. The number of aryl methyl sites for hydroxylation is 1. The molecule has 0 aromatic carbocycles. The van der Waals surface area contributed by atoms with Crippen molar-refractivity contribution in [3.05, 3.63) is 60.6 Å². The number of imidazole rings is 1. The van der Waals surface area contributed by atoms with Crippen LogP contribution in [0.2, 0.25) is 0 Å². The fraction of sp³-hybridized carbons (Fsp3) is 0.368. The first-order chi connectivity index (χ1) is 13.2. The topological polar surface area (TPSA) is 76.2 Å². The molecule has 4 heterocycles. The van der Waals surface area contributed by atoms with E-state index in [0.717, 1.165) is 36.9 Å². The van der Waals surface area contributed by atoms with Gasteiger partial charge in [0.15, 0.2) is 5.96 Å². The molecule has 8 heteroatoms. The van der Waals surface area contributed by atoms with Gasteiger partial charge in [0.1, 0.15) is 12.1 Å². The number of aliphatic imine (C=N–C) groups is 1. The Kier molecular flexibility index (Phi) is 4.86. The Hall–Kier alpha value is -3.16. The van der Waals surface area contributed by atoms with Crippen molar-refractivity contribution in [3.63, 3.8) is 0 Å². The van der Waals surface area contributed by atoms with Crippen LogP contribution in [-0.2, 0) is 13.6 Å². The number of rotatable bonds is 4. The van der Waals surface area contributed by atoms with Crippen LogP contribution in [0.4, 0.5) is 0 Å². The van der Waals surface area contributed by atoms with Gasteiger partial charge in [-0.3, -0.25) is 14.2 Å². The number of nitrogens with zero attached hydrogens (tertiary/aromatic N) is 7. The molecule has 140 valence electrons. The first-order valence-corrected chi connectivity index (χ1v) is 9.11. The van der Waals surface area contributed by atoms with Gasteiger partial charge in [0, 0.05) is 70.0 Å². The van der Waals surface area contributed by atoms with Gasteiger partial charge >= 0.3 is 0 Å². The lowest BCUT2D eigenvalue weighted by molar-refractivity contribution is 0.485. The van der Waals surface area contributed by atoms with Crippen LogP contribution in [0, 0.1) is 0 Å². The molecule has 1 unspecified atom stereocenters. The summed E-state index contributed by atoms with van der Waals surface area (Å²) >= 11 is 0. The van der Waals surface area contributed by atoms with Crippen molar-refractivity contribution in [2.45, 2.75) is 18.9 Å². The molecule has 1 saturated heterocycles. The first-order valence-electron chi connectivity index (χ1n) is 9.11. The number of guanidine groups is 1. The van der Waals surface area contributed by atoms with E-state index in [0.29, 0.717) is 12.5 Å². The van der Waals surface area contributed by atoms with Crippen LogP contribution >= 0.6 is 0 Å². The van der Waals surface area contributed by atoms with E-state index < -0.39 is 0 Å². The number of likely N-dealkylation sites (tertiary alicyclic amines) is 1. The molecule has 1 N–H and O–H groups in total. The molecule has 1 atom stereocenters. The SMILES string of the molecule is CN=C(NCc1cccnc1-n1ccnc1)N1CCC(c2cnn(C)c2)C1. The molecule has 27 heavy (non-hydrogen) atoms. The highest BCUT2D eigenvalue weighted by atomic mass is 15.3. The highest BCUT2D eigenvalue weighted by Crippen LogP contribution is 2.26. The summed E-state index contributed by atoms with van der Waals surface area (Å²) in [6.45, 7) is 2.59. The number of aromatic nitrogens is 5. The summed E-state index contributed by atoms with van der Waals surface area (Å²) in [7, 11) is 3.79. The molecule has 3 aromatic rings. The third-order valence-electron chi connectivity index (χ3n) is 4.95. The van der Waals surface area contributed by atoms with Crippen LogP contribution in [0.25, 0.3) is 5.82 Å². The molecule has 1 fully saturated rings. The van der Waals surface area contributed by atoms with Gasteiger partial charge in [-0.25, -0.2) is 9.97 Å². The Morgan fingerprint density at radius 3 is 3.04 bits per heavy atom. The molecule has 3 aromatic heterocycles. The Balaban J connectivity index is 1.42. The first kappa shape index (κ1) is 17.3. The third kappa shape index (κ3) is 3.69. The van der Waals surface area contributed by atoms with Crippen molar-refractivity contribution in [3.8, 4) is 5.82 Å². The van der Waals surface area contributed by atoms with Gasteiger partial charge in [-0.15, -0.1) is 0 Å². The van der Waals surface area contributed by atoms with Crippen LogP contribution in [0.15, 0.2) is 54.4 Å². The fourth-order valence-electron chi connectivity index (χ4n) is 3.57. The van der Waals surface area contributed by atoms with E-state index in [2.05, 4.69) is 42.5 Å². The van der Waals surface area contributed by atoms with Crippen LogP contribution in [-0.4, -0.2) is 55.3 Å². The summed E-state index contributed by atoms with van der Waals surface area (Å²) in [5, 5.41) is 7.79. The minimum atomic E-state index is 0.497. The maximum absolute atomic E-state index is 4.50. The molecule has 0 spiro atoms. The van der Waals surface area contributed by atoms with E-state index in [1.54, 1.807) is 18.7 Å². The number of nitrogens with one attached hydrogen (secondary N) is 1. The zero-order valence-electron chi connectivity index (χ0n) is 15.7. The quantitative estimate of drug-likeness (QED) is 0.562. The second-order valence-corrected chi connectivity index (χ2v) is 6.74. The summed E-state index contributed by atoms with van der Waals surface area (Å²) in [6.07, 6.45) is 12.4. The van der Waals surface area contributed by atoms with Crippen molar-refractivity contribution >= 4 is 5.96 Å². The normalized spacial score (nSPS) is 17.5. The Bertz CT molecular complexity index is 911. The van der Waals surface area contributed by atoms with Crippen molar-refractivity contribution in [1.29, 1.82) is 0 Å². The smallest absolute Gasteiger partial charge is 0.193 e. The van der Waals surface area contributed by atoms with E-state index in [1.165, 1.54) is 5.56 Å². The van der Waals surface area contributed by atoms with Crippen LogP contribution in [0.3, 0.4) is 0 Å². The van der Waals surface area contributed by atoms with Crippen LogP contribution < -0.4 is 5.32 Å². The highest BCUT2D eigenvalue weighted by Gasteiger charge is 2.26. The molecule has 0 radical (unpaired) electrons. The molecule has 8 nitrogen and oxygen atoms in total. The molecular formula is C19H24N8. The lowest BCUT2D eigenvalue weighted by Crippen LogP contribution is -2.39. The van der Waals surface area contributed by atoms with Gasteiger partial charge in [-0.2, -0.15) is 5.10 Å². The van der Waals surface area contributed by atoms with E-state index in [1.807, 2.05) is 41.8 Å². The molecule has 0 amide bonds. The zero-order chi connectivity index (χ0) is 18.6. The highest BCUT2D eigenvalue weighted by molar-refractivity contribution is 5.80. The second kappa shape index (κ2) is 7.61. The summed E-state index contributed by atoms with van der Waals surface area (Å²) < 4.78 is 3.79. The molecule has 1 aliphatic rings. The van der Waals surface area contributed by atoms with Crippen LogP contribution in [0.5, 0.6) is 0 Å². The second-order valence-electron chi connectivity index (χ2n) is 6.74.